The molecule has 0 aromatic carbocycles. The lowest BCUT2D eigenvalue weighted by Gasteiger charge is -2.27. The largest absolute Gasteiger partial charge is 0.396 e. The molecular weight excluding hydrogens is 214 g/mol. The molecule has 1 aliphatic heterocycles. The summed E-state index contributed by atoms with van der Waals surface area (Å²) < 4.78 is 0. The first-order valence-electron chi connectivity index (χ1n) is 6.33. The van der Waals surface area contributed by atoms with Gasteiger partial charge in [-0.3, -0.25) is 0 Å². The van der Waals surface area contributed by atoms with Crippen molar-refractivity contribution in [2.75, 3.05) is 23.8 Å². The fourth-order valence-corrected chi connectivity index (χ4v) is 2.53. The van der Waals surface area contributed by atoms with Crippen molar-refractivity contribution in [1.82, 2.24) is 4.98 Å². The highest BCUT2D eigenvalue weighted by Gasteiger charge is 2.26. The van der Waals surface area contributed by atoms with Crippen LogP contribution in [0.25, 0.3) is 0 Å². The molecule has 0 spiro atoms. The highest BCUT2D eigenvalue weighted by Crippen LogP contribution is 2.30. The van der Waals surface area contributed by atoms with E-state index < -0.39 is 0 Å². The third kappa shape index (κ3) is 2.69. The number of hydrogen-bond acceptors (Lipinski definition) is 4. The average molecular weight is 235 g/mol. The zero-order valence-corrected chi connectivity index (χ0v) is 10.4. The fraction of sp³-hybridized carbons (Fsp3) is 0.615. The number of nitrogens with two attached hydrogens (primary N) is 1. The van der Waals surface area contributed by atoms with E-state index in [0.717, 1.165) is 36.6 Å². The van der Waals surface area contributed by atoms with E-state index in [0.29, 0.717) is 6.04 Å². The van der Waals surface area contributed by atoms with Gasteiger partial charge in [0.15, 0.2) is 5.82 Å². The quantitative estimate of drug-likeness (QED) is 0.834. The van der Waals surface area contributed by atoms with Gasteiger partial charge in [-0.25, -0.2) is 4.98 Å². The van der Waals surface area contributed by atoms with Gasteiger partial charge in [0.1, 0.15) is 0 Å². The molecule has 1 atom stereocenters. The van der Waals surface area contributed by atoms with Crippen LogP contribution in [0.1, 0.15) is 31.4 Å². The van der Waals surface area contributed by atoms with Crippen LogP contribution >= 0.6 is 0 Å². The van der Waals surface area contributed by atoms with Crippen LogP contribution in [-0.4, -0.2) is 29.3 Å². The van der Waals surface area contributed by atoms with Crippen LogP contribution < -0.4 is 10.6 Å². The topological polar surface area (TPSA) is 62.4 Å². The van der Waals surface area contributed by atoms with Crippen molar-refractivity contribution >= 4 is 11.5 Å². The summed E-state index contributed by atoms with van der Waals surface area (Å²) in [5.41, 5.74) is 7.76. The van der Waals surface area contributed by atoms with Crippen LogP contribution in [-0.2, 0) is 0 Å². The van der Waals surface area contributed by atoms with Gasteiger partial charge in [-0.05, 0) is 44.7 Å². The first-order chi connectivity index (χ1) is 8.22. The normalized spacial score (nSPS) is 19.9. The van der Waals surface area contributed by atoms with Crippen LogP contribution in [0.4, 0.5) is 11.5 Å². The molecule has 0 amide bonds. The molecule has 1 aliphatic rings. The number of anilines is 2. The molecule has 17 heavy (non-hydrogen) atoms. The second-order valence-corrected chi connectivity index (χ2v) is 4.72. The number of aliphatic hydroxyl groups excluding tert-OH is 1. The van der Waals surface area contributed by atoms with Crippen LogP contribution in [0.15, 0.2) is 12.1 Å². The van der Waals surface area contributed by atoms with E-state index in [1.54, 1.807) is 0 Å². The summed E-state index contributed by atoms with van der Waals surface area (Å²) in [7, 11) is 0. The van der Waals surface area contributed by atoms with E-state index in [1.807, 2.05) is 19.1 Å². The Bertz CT molecular complexity index is 381. The van der Waals surface area contributed by atoms with Gasteiger partial charge in [0, 0.05) is 24.9 Å². The van der Waals surface area contributed by atoms with Gasteiger partial charge in [0.2, 0.25) is 0 Å². The molecule has 0 radical (unpaired) electrons. The predicted molar refractivity (Wildman–Crippen MR) is 70.1 cm³/mol. The highest BCUT2D eigenvalue weighted by atomic mass is 16.2. The zero-order valence-electron chi connectivity index (χ0n) is 10.4. The number of hydrogen-bond donors (Lipinski definition) is 2. The van der Waals surface area contributed by atoms with Crippen LogP contribution in [0.5, 0.6) is 0 Å². The third-order valence-corrected chi connectivity index (χ3v) is 3.39. The molecule has 2 rings (SSSR count). The van der Waals surface area contributed by atoms with Crippen molar-refractivity contribution in [3.63, 3.8) is 0 Å². The van der Waals surface area contributed by atoms with Gasteiger partial charge >= 0.3 is 0 Å². The SMILES string of the molecule is Cc1ccc(N)c(N2CCCC2CCCO)n1. The number of aromatic nitrogens is 1. The average Bonchev–Trinajstić information content (AvgIpc) is 2.77. The highest BCUT2D eigenvalue weighted by molar-refractivity contribution is 5.63. The van der Waals surface area contributed by atoms with Crippen molar-refractivity contribution in [3.05, 3.63) is 17.8 Å². The minimum Gasteiger partial charge on any atom is -0.396 e. The Balaban J connectivity index is 2.16. The lowest BCUT2D eigenvalue weighted by atomic mass is 10.1. The van der Waals surface area contributed by atoms with Crippen LogP contribution in [0.3, 0.4) is 0 Å². The number of aryl methyl sites for hydroxylation is 1. The monoisotopic (exact) mass is 235 g/mol. The smallest absolute Gasteiger partial charge is 0.152 e. The standard InChI is InChI=1S/C13H21N3O/c1-10-6-7-12(14)13(15-10)16-8-2-4-11(16)5-3-9-17/h6-7,11,17H,2-5,8-9,14H2,1H3. The molecule has 0 bridgehead atoms. The summed E-state index contributed by atoms with van der Waals surface area (Å²) in [6.45, 7) is 3.28. The molecule has 0 aliphatic carbocycles. The minimum absolute atomic E-state index is 0.265. The summed E-state index contributed by atoms with van der Waals surface area (Å²) in [6.07, 6.45) is 4.23. The summed E-state index contributed by atoms with van der Waals surface area (Å²) in [5, 5.41) is 8.92. The van der Waals surface area contributed by atoms with Crippen molar-refractivity contribution in [1.29, 1.82) is 0 Å². The molecule has 1 fully saturated rings. The Morgan fingerprint density at radius 3 is 3.12 bits per heavy atom. The molecule has 0 saturated carbocycles. The van der Waals surface area contributed by atoms with E-state index >= 15 is 0 Å². The first kappa shape index (κ1) is 12.2. The second kappa shape index (κ2) is 5.36. The number of aliphatic hydroxyl groups is 1. The Kier molecular flexibility index (Phi) is 3.84. The molecule has 1 aromatic heterocycles. The number of nitrogens with zero attached hydrogens (tertiary/aromatic N) is 2. The van der Waals surface area contributed by atoms with Gasteiger partial charge in [-0.15, -0.1) is 0 Å². The molecular formula is C13H21N3O. The number of rotatable bonds is 4. The summed E-state index contributed by atoms with van der Waals surface area (Å²) in [6, 6.07) is 4.36. The lowest BCUT2D eigenvalue weighted by Crippen LogP contribution is -2.31. The lowest BCUT2D eigenvalue weighted by molar-refractivity contribution is 0.279. The van der Waals surface area contributed by atoms with Gasteiger partial charge in [-0.1, -0.05) is 0 Å². The van der Waals surface area contributed by atoms with Gasteiger partial charge in [0.05, 0.1) is 5.69 Å². The van der Waals surface area contributed by atoms with E-state index in [-0.39, 0.29) is 6.61 Å². The summed E-state index contributed by atoms with van der Waals surface area (Å²) >= 11 is 0. The Labute approximate surface area is 102 Å². The maximum Gasteiger partial charge on any atom is 0.152 e. The molecule has 4 heteroatoms. The van der Waals surface area contributed by atoms with Gasteiger partial charge in [0.25, 0.3) is 0 Å². The van der Waals surface area contributed by atoms with E-state index in [2.05, 4.69) is 9.88 Å². The molecule has 1 aromatic rings. The number of pyridine rings is 1. The summed E-state index contributed by atoms with van der Waals surface area (Å²) in [5.74, 6) is 0.922. The van der Waals surface area contributed by atoms with Gasteiger partial charge in [-0.2, -0.15) is 0 Å². The first-order valence-corrected chi connectivity index (χ1v) is 6.33. The Morgan fingerprint density at radius 1 is 1.53 bits per heavy atom. The molecule has 2 heterocycles. The van der Waals surface area contributed by atoms with Gasteiger partial charge < -0.3 is 15.7 Å². The van der Waals surface area contributed by atoms with Crippen molar-refractivity contribution in [2.24, 2.45) is 0 Å². The van der Waals surface area contributed by atoms with Crippen molar-refractivity contribution in [2.45, 2.75) is 38.6 Å². The van der Waals surface area contributed by atoms with E-state index in [4.69, 9.17) is 10.8 Å². The van der Waals surface area contributed by atoms with E-state index in [1.165, 1.54) is 12.8 Å². The van der Waals surface area contributed by atoms with E-state index in [9.17, 15) is 0 Å². The van der Waals surface area contributed by atoms with Crippen molar-refractivity contribution in [3.8, 4) is 0 Å². The van der Waals surface area contributed by atoms with Crippen LogP contribution in [0.2, 0.25) is 0 Å². The second-order valence-electron chi connectivity index (χ2n) is 4.72. The Hall–Kier alpha value is -1.29. The Morgan fingerprint density at radius 2 is 2.35 bits per heavy atom. The molecule has 4 nitrogen and oxygen atoms in total. The van der Waals surface area contributed by atoms with Crippen molar-refractivity contribution < 1.29 is 5.11 Å². The summed E-state index contributed by atoms with van der Waals surface area (Å²) in [4.78, 5) is 6.86. The molecule has 3 N–H and O–H groups in total. The minimum atomic E-state index is 0.265. The maximum atomic E-state index is 8.92. The molecule has 1 unspecified atom stereocenters. The maximum absolute atomic E-state index is 8.92. The fourth-order valence-electron chi connectivity index (χ4n) is 2.53. The zero-order chi connectivity index (χ0) is 12.3. The predicted octanol–water partition coefficient (Wildman–Crippen LogP) is 1.71. The van der Waals surface area contributed by atoms with Crippen LogP contribution in [0, 0.1) is 6.92 Å². The molecule has 94 valence electrons. The third-order valence-electron chi connectivity index (χ3n) is 3.39. The molecule has 1 saturated heterocycles. The number of nitrogen functional groups attached to an aromatic ring is 1.